The molecule has 1 rings (SSSR count). The quantitative estimate of drug-likeness (QED) is 0.134. The lowest BCUT2D eigenvalue weighted by molar-refractivity contribution is -0.163. The van der Waals surface area contributed by atoms with E-state index in [1.807, 2.05) is 58.3 Å². The predicted octanol–water partition coefficient (Wildman–Crippen LogP) is 2.81. The molecule has 0 saturated carbocycles. The van der Waals surface area contributed by atoms with Gasteiger partial charge < -0.3 is 33.9 Å². The molecule has 0 aromatic carbocycles. The van der Waals surface area contributed by atoms with E-state index < -0.39 is 40.4 Å². The summed E-state index contributed by atoms with van der Waals surface area (Å²) < 4.78 is 22.0. The van der Waals surface area contributed by atoms with Crippen molar-refractivity contribution in [1.29, 1.82) is 0 Å². The third-order valence-electron chi connectivity index (χ3n) is 8.19. The fourth-order valence-corrected chi connectivity index (χ4v) is 5.34. The van der Waals surface area contributed by atoms with Crippen LogP contribution in [0, 0.1) is 0 Å². The fourth-order valence-electron chi connectivity index (χ4n) is 5.34. The molecule has 1 saturated heterocycles. The van der Waals surface area contributed by atoms with Crippen LogP contribution in [0.3, 0.4) is 0 Å². The first-order valence-corrected chi connectivity index (χ1v) is 17.4. The van der Waals surface area contributed by atoms with Gasteiger partial charge in [0.2, 0.25) is 0 Å². The lowest BCUT2D eigenvalue weighted by Crippen LogP contribution is -2.52. The van der Waals surface area contributed by atoms with Gasteiger partial charge in [-0.3, -0.25) is 33.8 Å². The molecule has 0 spiro atoms. The number of carbonyl (C=O) groups excluding carboxylic acids is 4. The number of nitrogens with zero attached hydrogens (tertiary/aromatic N) is 4. The number of aliphatic carboxylic acids is 1. The first-order chi connectivity index (χ1) is 22.5. The highest BCUT2D eigenvalue weighted by Gasteiger charge is 2.33. The molecule has 1 heterocycles. The molecule has 0 aromatic rings. The number of rotatable bonds is 17. The van der Waals surface area contributed by atoms with Crippen LogP contribution in [0.2, 0.25) is 0 Å². The molecule has 1 atom stereocenters. The zero-order valence-corrected chi connectivity index (χ0v) is 31.7. The number of esters is 2. The molecule has 14 nitrogen and oxygen atoms in total. The van der Waals surface area contributed by atoms with Crippen LogP contribution in [0.1, 0.15) is 94.9 Å². The van der Waals surface area contributed by atoms with Gasteiger partial charge in [-0.15, -0.1) is 0 Å². The van der Waals surface area contributed by atoms with Crippen LogP contribution in [0.5, 0.6) is 0 Å². The Hall–Kier alpha value is -2.81. The van der Waals surface area contributed by atoms with E-state index in [0.717, 1.165) is 0 Å². The summed E-state index contributed by atoms with van der Waals surface area (Å²) in [5, 5.41) is 9.54. The minimum atomic E-state index is -1.00. The molecule has 1 aliphatic rings. The second-order valence-corrected chi connectivity index (χ2v) is 16.0. The van der Waals surface area contributed by atoms with Gasteiger partial charge in [0.05, 0.1) is 6.54 Å². The summed E-state index contributed by atoms with van der Waals surface area (Å²) in [4.78, 5) is 68.9. The SMILES string of the molecule is CC(C)(C)OC(=O)CN1CCN(CCC(C)(C)OC=O)CCN(CCC(C)(C)OC=O)CCN(C(CCC(=O)O)C(=O)OC(C)(C)C)CC1. The van der Waals surface area contributed by atoms with Gasteiger partial charge in [-0.2, -0.15) is 0 Å². The lowest BCUT2D eigenvalue weighted by Gasteiger charge is -2.38. The highest BCUT2D eigenvalue weighted by molar-refractivity contribution is 5.77. The minimum absolute atomic E-state index is 0.0445. The zero-order chi connectivity index (χ0) is 37.5. The van der Waals surface area contributed by atoms with Crippen molar-refractivity contribution in [1.82, 2.24) is 19.6 Å². The molecular formula is C35H64N4O10. The summed E-state index contributed by atoms with van der Waals surface area (Å²) >= 11 is 0. The Balaban J connectivity index is 3.47. The maximum absolute atomic E-state index is 13.6. The van der Waals surface area contributed by atoms with Gasteiger partial charge >= 0.3 is 17.9 Å². The first kappa shape index (κ1) is 44.2. The monoisotopic (exact) mass is 700 g/mol. The fraction of sp³-hybridized carbons (Fsp3) is 0.857. The average Bonchev–Trinajstić information content (AvgIpc) is 2.92. The van der Waals surface area contributed by atoms with Crippen molar-refractivity contribution in [2.45, 2.75) is 123 Å². The largest absolute Gasteiger partial charge is 0.481 e. The van der Waals surface area contributed by atoms with Crippen molar-refractivity contribution in [3.8, 4) is 0 Å². The molecule has 1 aliphatic heterocycles. The van der Waals surface area contributed by atoms with E-state index in [2.05, 4.69) is 9.80 Å². The lowest BCUT2D eigenvalue weighted by atomic mass is 10.0. The van der Waals surface area contributed by atoms with Crippen molar-refractivity contribution < 1.29 is 48.0 Å². The Morgan fingerprint density at radius 1 is 0.653 bits per heavy atom. The first-order valence-electron chi connectivity index (χ1n) is 17.4. The summed E-state index contributed by atoms with van der Waals surface area (Å²) in [7, 11) is 0. The van der Waals surface area contributed by atoms with Crippen LogP contribution in [-0.2, 0) is 42.9 Å². The smallest absolute Gasteiger partial charge is 0.323 e. The van der Waals surface area contributed by atoms with E-state index >= 15 is 0 Å². The number of hydrogen-bond donors (Lipinski definition) is 1. The van der Waals surface area contributed by atoms with Gasteiger partial charge in [-0.05, 0) is 88.5 Å². The molecule has 0 aromatic heterocycles. The van der Waals surface area contributed by atoms with Crippen molar-refractivity contribution in [2.75, 3.05) is 72.0 Å². The third-order valence-corrected chi connectivity index (χ3v) is 8.19. The minimum Gasteiger partial charge on any atom is -0.481 e. The topological polar surface area (TPSA) is 155 Å². The zero-order valence-electron chi connectivity index (χ0n) is 31.7. The van der Waals surface area contributed by atoms with Gasteiger partial charge in [0.15, 0.2) is 0 Å². The van der Waals surface area contributed by atoms with Gasteiger partial charge in [-0.25, -0.2) is 0 Å². The molecule has 284 valence electrons. The number of ether oxygens (including phenoxy) is 4. The summed E-state index contributed by atoms with van der Waals surface area (Å²) in [6.07, 6.45) is 1.04. The molecule has 0 bridgehead atoms. The summed E-state index contributed by atoms with van der Waals surface area (Å²) in [5.41, 5.74) is -2.74. The van der Waals surface area contributed by atoms with Crippen LogP contribution < -0.4 is 0 Å². The van der Waals surface area contributed by atoms with Crippen LogP contribution in [0.4, 0.5) is 0 Å². The van der Waals surface area contributed by atoms with E-state index in [0.29, 0.717) is 91.2 Å². The molecule has 1 fully saturated rings. The Morgan fingerprint density at radius 2 is 1.06 bits per heavy atom. The van der Waals surface area contributed by atoms with Crippen LogP contribution in [-0.4, -0.2) is 156 Å². The third kappa shape index (κ3) is 20.5. The highest BCUT2D eigenvalue weighted by atomic mass is 16.6. The van der Waals surface area contributed by atoms with E-state index in [1.165, 1.54) is 0 Å². The second-order valence-electron chi connectivity index (χ2n) is 16.0. The maximum Gasteiger partial charge on any atom is 0.323 e. The molecule has 0 radical (unpaired) electrons. The molecular weight excluding hydrogens is 636 g/mol. The van der Waals surface area contributed by atoms with E-state index in [-0.39, 0.29) is 25.4 Å². The molecule has 14 heteroatoms. The van der Waals surface area contributed by atoms with Gasteiger partial charge in [0, 0.05) is 71.9 Å². The Kier molecular flexibility index (Phi) is 18.2. The van der Waals surface area contributed by atoms with Gasteiger partial charge in [0.1, 0.15) is 28.4 Å². The van der Waals surface area contributed by atoms with Crippen molar-refractivity contribution in [2.24, 2.45) is 0 Å². The van der Waals surface area contributed by atoms with Gasteiger partial charge in [0.25, 0.3) is 12.9 Å². The van der Waals surface area contributed by atoms with E-state index in [1.54, 1.807) is 20.8 Å². The standard InChI is InChI=1S/C35H64N4O10/c1-32(2,3)48-30(44)25-38-20-19-36(15-13-34(7,8)46-26-40)17-18-37(16-14-35(9,10)47-27-41)21-23-39(24-22-38)28(11-12-29(42)43)31(45)49-33(4,5)6/h26-28H,11-25H2,1-10H3,(H,42,43). The predicted molar refractivity (Wildman–Crippen MR) is 185 cm³/mol. The number of carbonyl (C=O) groups is 5. The number of carboxylic acid groups (broad SMARTS) is 1. The summed E-state index contributed by atoms with van der Waals surface area (Å²) in [6, 6.07) is -0.810. The molecule has 1 N–H and O–H groups in total. The molecule has 0 aliphatic carbocycles. The summed E-state index contributed by atoms with van der Waals surface area (Å²) in [5.74, 6) is -1.85. The van der Waals surface area contributed by atoms with Crippen molar-refractivity contribution in [3.05, 3.63) is 0 Å². The second kappa shape index (κ2) is 20.1. The molecule has 1 unspecified atom stereocenters. The maximum atomic E-state index is 13.6. The Labute approximate surface area is 293 Å². The van der Waals surface area contributed by atoms with Crippen molar-refractivity contribution in [3.63, 3.8) is 0 Å². The highest BCUT2D eigenvalue weighted by Crippen LogP contribution is 2.19. The average molecular weight is 701 g/mol. The Bertz CT molecular complexity index is 1050. The van der Waals surface area contributed by atoms with Crippen molar-refractivity contribution >= 4 is 30.9 Å². The van der Waals surface area contributed by atoms with Crippen LogP contribution in [0.15, 0.2) is 0 Å². The van der Waals surface area contributed by atoms with E-state index in [9.17, 15) is 29.1 Å². The number of carboxylic acids is 1. The van der Waals surface area contributed by atoms with Gasteiger partial charge in [-0.1, -0.05) is 0 Å². The summed E-state index contributed by atoms with van der Waals surface area (Å²) in [6.45, 7) is 24.7. The normalized spacial score (nSPS) is 18.0. The molecule has 0 amide bonds. The number of hydrogen-bond acceptors (Lipinski definition) is 13. The van der Waals surface area contributed by atoms with E-state index in [4.69, 9.17) is 18.9 Å². The van der Waals surface area contributed by atoms with Crippen LogP contribution in [0.25, 0.3) is 0 Å². The van der Waals surface area contributed by atoms with Crippen LogP contribution >= 0.6 is 0 Å². The Morgan fingerprint density at radius 3 is 1.47 bits per heavy atom. The molecule has 49 heavy (non-hydrogen) atoms.